The third-order valence-corrected chi connectivity index (χ3v) is 2.61. The topological polar surface area (TPSA) is 63.3 Å². The Morgan fingerprint density at radius 2 is 2.00 bits per heavy atom. The van der Waals surface area contributed by atoms with E-state index in [0.29, 0.717) is 11.8 Å². The Morgan fingerprint density at radius 3 is 2.38 bits per heavy atom. The summed E-state index contributed by atoms with van der Waals surface area (Å²) in [4.78, 5) is 10.4. The maximum atomic E-state index is 10.4. The van der Waals surface area contributed by atoms with Crippen LogP contribution in [-0.4, -0.2) is 17.1 Å². The van der Waals surface area contributed by atoms with Crippen molar-refractivity contribution in [1.82, 2.24) is 0 Å². The van der Waals surface area contributed by atoms with Crippen LogP contribution in [0.4, 0.5) is 0 Å². The first-order chi connectivity index (χ1) is 5.97. The predicted molar refractivity (Wildman–Crippen MR) is 53.5 cm³/mol. The zero-order valence-corrected chi connectivity index (χ0v) is 8.79. The smallest absolute Gasteiger partial charge is 0.304 e. The second kappa shape index (κ2) is 5.97. The molecule has 3 atom stereocenters. The summed E-state index contributed by atoms with van der Waals surface area (Å²) >= 11 is 0. The zero-order chi connectivity index (χ0) is 10.4. The molecule has 0 saturated heterocycles. The molecule has 3 unspecified atom stereocenters. The lowest BCUT2D eigenvalue weighted by molar-refractivity contribution is -0.137. The summed E-state index contributed by atoms with van der Waals surface area (Å²) in [5.41, 5.74) is 5.74. The summed E-state index contributed by atoms with van der Waals surface area (Å²) in [5, 5.41) is 8.54. The molecule has 0 aromatic heterocycles. The minimum absolute atomic E-state index is 0.0810. The Hall–Kier alpha value is -0.570. The summed E-state index contributed by atoms with van der Waals surface area (Å²) in [7, 11) is 0. The third-order valence-electron chi connectivity index (χ3n) is 2.61. The molecule has 0 aromatic rings. The van der Waals surface area contributed by atoms with Gasteiger partial charge in [-0.05, 0) is 18.3 Å². The number of hydrogen-bond acceptors (Lipinski definition) is 2. The van der Waals surface area contributed by atoms with Gasteiger partial charge in [-0.25, -0.2) is 0 Å². The fourth-order valence-electron chi connectivity index (χ4n) is 1.38. The van der Waals surface area contributed by atoms with Crippen LogP contribution in [0.15, 0.2) is 0 Å². The molecule has 3 nitrogen and oxygen atoms in total. The fraction of sp³-hybridized carbons (Fsp3) is 0.900. The Bertz CT molecular complexity index is 159. The van der Waals surface area contributed by atoms with Gasteiger partial charge in [0.25, 0.3) is 0 Å². The highest BCUT2D eigenvalue weighted by molar-refractivity contribution is 5.67. The number of nitrogens with two attached hydrogens (primary N) is 1. The molecule has 0 amide bonds. The van der Waals surface area contributed by atoms with Crippen molar-refractivity contribution in [3.05, 3.63) is 0 Å². The Balaban J connectivity index is 3.81. The highest BCUT2D eigenvalue weighted by atomic mass is 16.4. The molecule has 0 heterocycles. The van der Waals surface area contributed by atoms with Crippen molar-refractivity contribution in [3.8, 4) is 0 Å². The maximum Gasteiger partial charge on any atom is 0.304 e. The second-order valence-corrected chi connectivity index (χ2v) is 3.99. The second-order valence-electron chi connectivity index (χ2n) is 3.99. The van der Waals surface area contributed by atoms with E-state index in [2.05, 4.69) is 13.8 Å². The van der Waals surface area contributed by atoms with Crippen molar-refractivity contribution in [2.75, 3.05) is 0 Å². The molecule has 0 radical (unpaired) electrons. The predicted octanol–water partition coefficient (Wildman–Crippen LogP) is 1.86. The first kappa shape index (κ1) is 12.4. The molecular weight excluding hydrogens is 166 g/mol. The van der Waals surface area contributed by atoms with Gasteiger partial charge in [-0.2, -0.15) is 0 Å². The van der Waals surface area contributed by atoms with Crippen LogP contribution in [-0.2, 0) is 4.79 Å². The molecule has 0 saturated carbocycles. The van der Waals surface area contributed by atoms with Crippen molar-refractivity contribution in [1.29, 1.82) is 0 Å². The minimum atomic E-state index is -0.802. The Kier molecular flexibility index (Phi) is 5.71. The lowest BCUT2D eigenvalue weighted by atomic mass is 9.89. The third kappa shape index (κ3) is 5.64. The molecule has 0 aliphatic carbocycles. The number of aliphatic carboxylic acids is 1. The van der Waals surface area contributed by atoms with Crippen molar-refractivity contribution in [2.24, 2.45) is 17.6 Å². The molecule has 0 rings (SSSR count). The molecule has 0 aliphatic heterocycles. The monoisotopic (exact) mass is 187 g/mol. The van der Waals surface area contributed by atoms with Crippen LogP contribution in [0.5, 0.6) is 0 Å². The van der Waals surface area contributed by atoms with Gasteiger partial charge in [0.15, 0.2) is 0 Å². The van der Waals surface area contributed by atoms with E-state index < -0.39 is 5.97 Å². The quantitative estimate of drug-likeness (QED) is 0.667. The van der Waals surface area contributed by atoms with Crippen LogP contribution in [0.3, 0.4) is 0 Å². The molecule has 13 heavy (non-hydrogen) atoms. The average molecular weight is 187 g/mol. The van der Waals surface area contributed by atoms with Crippen molar-refractivity contribution < 1.29 is 9.90 Å². The largest absolute Gasteiger partial charge is 0.481 e. The van der Waals surface area contributed by atoms with E-state index in [9.17, 15) is 4.79 Å². The molecule has 0 spiro atoms. The molecule has 0 bridgehead atoms. The fourth-order valence-corrected chi connectivity index (χ4v) is 1.38. The Morgan fingerprint density at radius 1 is 1.46 bits per heavy atom. The SMILES string of the molecule is CCC(C)CC(C)C(N)CC(=O)O. The zero-order valence-electron chi connectivity index (χ0n) is 8.79. The lowest BCUT2D eigenvalue weighted by Crippen LogP contribution is -2.31. The molecule has 0 aliphatic rings. The number of hydrogen-bond donors (Lipinski definition) is 2. The normalized spacial score (nSPS) is 17.8. The molecule has 0 aromatic carbocycles. The standard InChI is InChI=1S/C10H21NO2/c1-4-7(2)5-8(3)9(11)6-10(12)13/h7-9H,4-6,11H2,1-3H3,(H,12,13). The van der Waals surface area contributed by atoms with E-state index >= 15 is 0 Å². The number of carbonyl (C=O) groups is 1. The van der Waals surface area contributed by atoms with E-state index in [1.807, 2.05) is 6.92 Å². The molecule has 3 N–H and O–H groups in total. The van der Waals surface area contributed by atoms with Gasteiger partial charge in [-0.15, -0.1) is 0 Å². The molecule has 78 valence electrons. The van der Waals surface area contributed by atoms with Crippen molar-refractivity contribution in [3.63, 3.8) is 0 Å². The number of carboxylic acids is 1. The van der Waals surface area contributed by atoms with Crippen LogP contribution in [0.25, 0.3) is 0 Å². The van der Waals surface area contributed by atoms with Crippen LogP contribution >= 0.6 is 0 Å². The maximum absolute atomic E-state index is 10.4. The summed E-state index contributed by atoms with van der Waals surface area (Å²) < 4.78 is 0. The van der Waals surface area contributed by atoms with Gasteiger partial charge >= 0.3 is 5.97 Å². The molecule has 3 heteroatoms. The first-order valence-electron chi connectivity index (χ1n) is 4.94. The highest BCUT2D eigenvalue weighted by Gasteiger charge is 2.17. The van der Waals surface area contributed by atoms with Gasteiger partial charge in [-0.3, -0.25) is 4.79 Å². The van der Waals surface area contributed by atoms with Gasteiger partial charge in [0.05, 0.1) is 6.42 Å². The summed E-state index contributed by atoms with van der Waals surface area (Å²) in [5.74, 6) is 0.129. The number of carboxylic acid groups (broad SMARTS) is 1. The lowest BCUT2D eigenvalue weighted by Gasteiger charge is -2.21. The van der Waals surface area contributed by atoms with Crippen LogP contribution < -0.4 is 5.73 Å². The van der Waals surface area contributed by atoms with Crippen LogP contribution in [0.1, 0.15) is 40.0 Å². The van der Waals surface area contributed by atoms with Gasteiger partial charge in [0, 0.05) is 6.04 Å². The van der Waals surface area contributed by atoms with E-state index in [1.165, 1.54) is 0 Å². The highest BCUT2D eigenvalue weighted by Crippen LogP contribution is 2.18. The van der Waals surface area contributed by atoms with Gasteiger partial charge in [0.2, 0.25) is 0 Å². The molecular formula is C10H21NO2. The summed E-state index contributed by atoms with van der Waals surface area (Å²) in [6.45, 7) is 6.34. The summed E-state index contributed by atoms with van der Waals surface area (Å²) in [6.07, 6.45) is 2.23. The number of rotatable bonds is 6. The van der Waals surface area contributed by atoms with Crippen molar-refractivity contribution >= 4 is 5.97 Å². The Labute approximate surface area is 80.3 Å². The van der Waals surface area contributed by atoms with E-state index in [4.69, 9.17) is 10.8 Å². The van der Waals surface area contributed by atoms with Crippen LogP contribution in [0.2, 0.25) is 0 Å². The van der Waals surface area contributed by atoms with Crippen molar-refractivity contribution in [2.45, 2.75) is 46.1 Å². The average Bonchev–Trinajstić information content (AvgIpc) is 2.02. The van der Waals surface area contributed by atoms with E-state index in [1.54, 1.807) is 0 Å². The molecule has 0 fully saturated rings. The van der Waals surface area contributed by atoms with E-state index in [0.717, 1.165) is 12.8 Å². The van der Waals surface area contributed by atoms with Gasteiger partial charge in [-0.1, -0.05) is 27.2 Å². The minimum Gasteiger partial charge on any atom is -0.481 e. The van der Waals surface area contributed by atoms with Gasteiger partial charge < -0.3 is 10.8 Å². The summed E-state index contributed by atoms with van der Waals surface area (Å²) in [6, 6.07) is -0.202. The first-order valence-corrected chi connectivity index (χ1v) is 4.94. The van der Waals surface area contributed by atoms with Gasteiger partial charge in [0.1, 0.15) is 0 Å². The van der Waals surface area contributed by atoms with E-state index in [-0.39, 0.29) is 12.5 Å². The van der Waals surface area contributed by atoms with Crippen LogP contribution in [0, 0.1) is 11.8 Å².